The van der Waals surface area contributed by atoms with Crippen molar-refractivity contribution in [3.8, 4) is 45.6 Å². The van der Waals surface area contributed by atoms with Gasteiger partial charge < -0.3 is 21.5 Å². The molecule has 0 aliphatic carbocycles. The lowest BCUT2D eigenvalue weighted by molar-refractivity contribution is 0.420. The Bertz CT molecular complexity index is 5190. The van der Waals surface area contributed by atoms with Crippen LogP contribution in [0.15, 0.2) is 147 Å². The molecule has 10 N–H and O–H groups in total. The van der Waals surface area contributed by atoms with Crippen LogP contribution in [0.1, 0.15) is 22.3 Å². The number of nitrogens with zero attached hydrogens (tertiary/aromatic N) is 16. The summed E-state index contributed by atoms with van der Waals surface area (Å²) in [6.07, 6.45) is 0.0860. The third-order valence-electron chi connectivity index (χ3n) is 13.8. The first-order valence-electron chi connectivity index (χ1n) is 28.1. The molecule has 0 saturated carbocycles. The van der Waals surface area contributed by atoms with E-state index in [4.69, 9.17) is 21.5 Å². The average molecular weight is 1450 g/mol. The van der Waals surface area contributed by atoms with Gasteiger partial charge in [-0.15, -0.1) is 30.6 Å². The first-order valence-corrected chi connectivity index (χ1v) is 34.0. The molecule has 0 radical (unpaired) electrons. The highest BCUT2D eigenvalue weighted by Crippen LogP contribution is 2.31. The second-order valence-electron chi connectivity index (χ2n) is 20.2. The Morgan fingerprint density at radius 3 is 1.13 bits per heavy atom. The number of nitrogens with one attached hydrogen (secondary N) is 4. The summed E-state index contributed by atoms with van der Waals surface area (Å²) in [4.78, 5) is 2.72. The van der Waals surface area contributed by atoms with E-state index in [0.717, 1.165) is 24.3 Å². The van der Waals surface area contributed by atoms with Crippen molar-refractivity contribution in [2.45, 2.75) is 32.4 Å². The number of anilines is 2. The maximum Gasteiger partial charge on any atom is 0.491 e. The van der Waals surface area contributed by atoms with Gasteiger partial charge in [0.15, 0.2) is 46.6 Å². The van der Waals surface area contributed by atoms with E-state index in [1.54, 1.807) is 34.3 Å². The molecule has 0 atom stereocenters. The molecule has 4 aromatic heterocycles. The average Bonchev–Trinajstić information content (AvgIpc) is 1.78. The number of aromatic nitrogens is 16. The fraction of sp³-hybridized carbons (Fsp3) is 0.179. The van der Waals surface area contributed by atoms with Crippen molar-refractivity contribution in [3.63, 3.8) is 0 Å². The highest BCUT2D eigenvalue weighted by Gasteiger charge is 2.24. The fourth-order valence-corrected chi connectivity index (χ4v) is 11.7. The maximum atomic E-state index is 14.0. The standard InChI is InChI=1S/2C16H15F2N5O2S.2C9H12N6O2S.C6H5BF2O2/c1-19-26(24,25)12-7-6-10(8-11-4-3-5-14(17)15(11)18)13(9-12)16-20-21-22-23(16)2;1-19-26(24,25)12-7-6-10(8-11-4-3-5-14(17)15(11)18)13(9-12)16-20-22-23(2)21-16;1-11-18(16,17)6-3-4-8(10)7(5-6)9-12-13-14-15(9)2;1-11-18(16,17)6-3-4-8(10)7(5-6)9-12-14-15(2)13-9;8-5-3-1-2-4(6(5)9)7(10)11/h2*3-7,9,19H,8H2,1-2H3;2*3-5,11H,10H2,1-2H3;1-3,10-11H. The first-order chi connectivity index (χ1) is 46.7. The van der Waals surface area contributed by atoms with Gasteiger partial charge >= 0.3 is 7.12 Å². The van der Waals surface area contributed by atoms with Gasteiger partial charge in [0.05, 0.1) is 33.7 Å². The predicted molar refractivity (Wildman–Crippen MR) is 345 cm³/mol. The number of aryl methyl sites for hydroxylation is 4. The molecule has 43 heteroatoms. The Balaban J connectivity index is 0.000000179. The zero-order chi connectivity index (χ0) is 72.9. The van der Waals surface area contributed by atoms with E-state index in [9.17, 15) is 60.0 Å². The molecule has 0 bridgehead atoms. The lowest BCUT2D eigenvalue weighted by Gasteiger charge is -2.12. The summed E-state index contributed by atoms with van der Waals surface area (Å²) >= 11 is 0. The van der Waals surface area contributed by atoms with Gasteiger partial charge in [-0.3, -0.25) is 0 Å². The van der Waals surface area contributed by atoms with Crippen molar-refractivity contribution >= 4 is 64.0 Å². The molecule has 99 heavy (non-hydrogen) atoms. The maximum absolute atomic E-state index is 14.0. The predicted octanol–water partition coefficient (Wildman–Crippen LogP) is 1.69. The molecule has 522 valence electrons. The van der Waals surface area contributed by atoms with Gasteiger partial charge in [0.1, 0.15) is 0 Å². The molecule has 7 aromatic carbocycles. The summed E-state index contributed by atoms with van der Waals surface area (Å²) in [5, 5.41) is 62.3. The van der Waals surface area contributed by atoms with E-state index in [1.807, 2.05) is 0 Å². The molecular weight excluding hydrogens is 1390 g/mol. The largest absolute Gasteiger partial charge is 0.491 e. The zero-order valence-corrected chi connectivity index (χ0v) is 56.3. The second-order valence-corrected chi connectivity index (χ2v) is 27.8. The number of halogens is 6. The smallest absolute Gasteiger partial charge is 0.423 e. The van der Waals surface area contributed by atoms with Gasteiger partial charge in [0.2, 0.25) is 51.7 Å². The quantitative estimate of drug-likeness (QED) is 0.0365. The molecule has 0 saturated heterocycles. The monoisotopic (exact) mass is 1450 g/mol. The minimum absolute atomic E-state index is 0.00548. The van der Waals surface area contributed by atoms with Crippen molar-refractivity contribution in [2.75, 3.05) is 39.7 Å². The third-order valence-corrected chi connectivity index (χ3v) is 19.5. The summed E-state index contributed by atoms with van der Waals surface area (Å²) in [5.74, 6) is -4.91. The van der Waals surface area contributed by atoms with E-state index in [1.165, 1.54) is 144 Å². The molecular formula is C56H59BF6N22O10S4. The molecule has 0 fully saturated rings. The van der Waals surface area contributed by atoms with Crippen molar-refractivity contribution < 1.29 is 70.1 Å². The second kappa shape index (κ2) is 32.3. The van der Waals surface area contributed by atoms with Crippen LogP contribution in [0.5, 0.6) is 0 Å². The molecule has 4 heterocycles. The number of nitrogens with two attached hydrogens (primary N) is 2. The number of sulfonamides is 4. The first kappa shape index (κ1) is 76.0. The number of tetrazole rings is 4. The van der Waals surface area contributed by atoms with Crippen LogP contribution in [-0.2, 0) is 81.1 Å². The van der Waals surface area contributed by atoms with Crippen LogP contribution < -0.4 is 35.8 Å². The van der Waals surface area contributed by atoms with Gasteiger partial charge in [0.25, 0.3) is 0 Å². The minimum Gasteiger partial charge on any atom is -0.423 e. The Morgan fingerprint density at radius 2 is 0.758 bits per heavy atom. The van der Waals surface area contributed by atoms with Crippen LogP contribution >= 0.6 is 0 Å². The minimum atomic E-state index is -3.69. The number of nitrogen functional groups attached to an aromatic ring is 2. The Morgan fingerprint density at radius 1 is 0.414 bits per heavy atom. The SMILES string of the molecule is CNS(=O)(=O)c1ccc(Cc2cccc(F)c2F)c(-c2nnn(C)n2)c1.CNS(=O)(=O)c1ccc(Cc2cccc(F)c2F)c(-c2nnnn2C)c1.CNS(=O)(=O)c1ccc(N)c(-c2nnn(C)n2)c1.CNS(=O)(=O)c1ccc(N)c(-c2nnnn2C)c1.OB(O)c1cccc(F)c1F. The topological polar surface area (TPSA) is 452 Å². The normalized spacial score (nSPS) is 11.5. The molecule has 0 aliphatic rings. The molecule has 11 rings (SSSR count). The van der Waals surface area contributed by atoms with Gasteiger partial charge in [-0.05, 0) is 161 Å². The number of rotatable bonds is 17. The number of hydrogen-bond donors (Lipinski definition) is 8. The van der Waals surface area contributed by atoms with Crippen molar-refractivity contribution in [1.82, 2.24) is 99.7 Å². The summed E-state index contributed by atoms with van der Waals surface area (Å²) in [5.41, 5.74) is 15.0. The number of benzene rings is 7. The van der Waals surface area contributed by atoms with E-state index in [2.05, 4.69) is 80.8 Å². The van der Waals surface area contributed by atoms with Gasteiger partial charge in [-0.25, -0.2) is 88.3 Å². The van der Waals surface area contributed by atoms with Crippen LogP contribution in [0.4, 0.5) is 37.7 Å². The highest BCUT2D eigenvalue weighted by atomic mass is 32.2. The molecule has 0 amide bonds. The van der Waals surface area contributed by atoms with Crippen molar-refractivity contribution in [2.24, 2.45) is 28.2 Å². The summed E-state index contributed by atoms with van der Waals surface area (Å²) < 4.78 is 187. The van der Waals surface area contributed by atoms with E-state index < -0.39 is 87.6 Å². The molecule has 32 nitrogen and oxygen atoms in total. The third kappa shape index (κ3) is 18.6. The van der Waals surface area contributed by atoms with Gasteiger partial charge in [0, 0.05) is 66.0 Å². The lowest BCUT2D eigenvalue weighted by atomic mass is 9.80. The van der Waals surface area contributed by atoms with Crippen LogP contribution in [0, 0.1) is 34.9 Å². The van der Waals surface area contributed by atoms with Crippen LogP contribution in [0.2, 0.25) is 0 Å². The van der Waals surface area contributed by atoms with E-state index >= 15 is 0 Å². The van der Waals surface area contributed by atoms with Crippen LogP contribution in [0.25, 0.3) is 45.6 Å². The summed E-state index contributed by atoms with van der Waals surface area (Å²) in [7, 11) is -4.70. The van der Waals surface area contributed by atoms with Crippen LogP contribution in [-0.4, -0.2) is 160 Å². The summed E-state index contributed by atoms with van der Waals surface area (Å²) in [6.45, 7) is 0. The molecule has 0 spiro atoms. The summed E-state index contributed by atoms with van der Waals surface area (Å²) in [6, 6.07) is 28.4. The molecule has 0 unspecified atom stereocenters. The highest BCUT2D eigenvalue weighted by molar-refractivity contribution is 7.90. The van der Waals surface area contributed by atoms with E-state index in [-0.39, 0.29) is 55.2 Å². The fourth-order valence-electron chi connectivity index (χ4n) is 8.63. The molecule has 11 aromatic rings. The Labute approximate surface area is 561 Å². The van der Waals surface area contributed by atoms with Crippen molar-refractivity contribution in [1.29, 1.82) is 0 Å². The zero-order valence-electron chi connectivity index (χ0n) is 53.0. The van der Waals surface area contributed by atoms with Crippen molar-refractivity contribution in [3.05, 3.63) is 185 Å². The van der Waals surface area contributed by atoms with Crippen LogP contribution in [0.3, 0.4) is 0 Å². The van der Waals surface area contributed by atoms with E-state index in [0.29, 0.717) is 56.4 Å². The Kier molecular flexibility index (Phi) is 24.8. The lowest BCUT2D eigenvalue weighted by Crippen LogP contribution is -2.33. The molecule has 0 aliphatic heterocycles. The van der Waals surface area contributed by atoms with Gasteiger partial charge in [-0.1, -0.05) is 48.5 Å². The van der Waals surface area contributed by atoms with Gasteiger partial charge in [-0.2, -0.15) is 9.59 Å². The number of hydrogen-bond acceptors (Lipinski definition) is 24. The Hall–Kier alpha value is -10.4.